The number of likely N-dealkylation sites (N-methyl/N-ethyl adjacent to an activating group) is 1. The van der Waals surface area contributed by atoms with E-state index in [4.69, 9.17) is 0 Å². The molecule has 17 heavy (non-hydrogen) atoms. The lowest BCUT2D eigenvalue weighted by molar-refractivity contribution is -0.142. The maximum absolute atomic E-state index is 11.4. The van der Waals surface area contributed by atoms with Crippen molar-refractivity contribution in [2.75, 3.05) is 18.0 Å². The number of anilines is 1. The number of nitrogens with zero attached hydrogens (tertiary/aromatic N) is 1. The Morgan fingerprint density at radius 2 is 2.18 bits per heavy atom. The molecule has 0 atom stereocenters. The summed E-state index contributed by atoms with van der Waals surface area (Å²) in [6.45, 7) is 7.66. The summed E-state index contributed by atoms with van der Waals surface area (Å²) in [5.41, 5.74) is 2.56. The Morgan fingerprint density at radius 3 is 2.76 bits per heavy atom. The van der Waals surface area contributed by atoms with Crippen LogP contribution in [0.5, 0.6) is 0 Å². The van der Waals surface area contributed by atoms with Crippen molar-refractivity contribution < 1.29 is 9.90 Å². The van der Waals surface area contributed by atoms with Crippen LogP contribution >= 0.6 is 0 Å². The highest BCUT2D eigenvalue weighted by atomic mass is 16.4. The van der Waals surface area contributed by atoms with Crippen LogP contribution < -0.4 is 4.90 Å². The third-order valence-electron chi connectivity index (χ3n) is 3.71. The Balaban J connectivity index is 2.52. The van der Waals surface area contributed by atoms with Crippen LogP contribution in [-0.2, 0) is 16.6 Å². The van der Waals surface area contributed by atoms with E-state index in [2.05, 4.69) is 17.9 Å². The predicted octanol–water partition coefficient (Wildman–Crippen LogP) is 2.43. The third-order valence-corrected chi connectivity index (χ3v) is 3.71. The standard InChI is InChI=1S/C14H19NO2/c1-4-15-9-8-10-11(6-5-7-12(10)15)14(2,3)13(16)17/h5-7H,4,8-9H2,1-3H3,(H,16,17). The van der Waals surface area contributed by atoms with E-state index in [9.17, 15) is 9.90 Å². The first kappa shape index (κ1) is 12.0. The highest BCUT2D eigenvalue weighted by Crippen LogP contribution is 2.36. The SMILES string of the molecule is CCN1CCc2c1cccc2C(C)(C)C(=O)O. The summed E-state index contributed by atoms with van der Waals surface area (Å²) in [5.74, 6) is -0.763. The van der Waals surface area contributed by atoms with E-state index in [1.807, 2.05) is 12.1 Å². The first-order valence-electron chi connectivity index (χ1n) is 6.09. The molecule has 0 aliphatic carbocycles. The summed E-state index contributed by atoms with van der Waals surface area (Å²) in [6, 6.07) is 6.01. The Bertz CT molecular complexity index is 452. The zero-order valence-corrected chi connectivity index (χ0v) is 10.7. The lowest BCUT2D eigenvalue weighted by atomic mass is 9.81. The molecule has 1 heterocycles. The van der Waals surface area contributed by atoms with Crippen molar-refractivity contribution in [1.82, 2.24) is 0 Å². The number of hydrogen-bond donors (Lipinski definition) is 1. The Morgan fingerprint density at radius 1 is 1.47 bits per heavy atom. The maximum atomic E-state index is 11.4. The van der Waals surface area contributed by atoms with Crippen molar-refractivity contribution in [3.8, 4) is 0 Å². The van der Waals surface area contributed by atoms with Gasteiger partial charge in [-0.2, -0.15) is 0 Å². The van der Waals surface area contributed by atoms with Gasteiger partial charge in [-0.25, -0.2) is 0 Å². The molecule has 0 aromatic heterocycles. The minimum atomic E-state index is -0.810. The number of carbonyl (C=O) groups is 1. The van der Waals surface area contributed by atoms with Gasteiger partial charge in [0.2, 0.25) is 0 Å². The van der Waals surface area contributed by atoms with E-state index in [0.717, 1.165) is 25.1 Å². The molecule has 0 saturated heterocycles. The van der Waals surface area contributed by atoms with Gasteiger partial charge in [0.1, 0.15) is 0 Å². The number of hydrogen-bond acceptors (Lipinski definition) is 2. The van der Waals surface area contributed by atoms with Crippen molar-refractivity contribution >= 4 is 11.7 Å². The zero-order valence-electron chi connectivity index (χ0n) is 10.7. The van der Waals surface area contributed by atoms with Crippen LogP contribution in [0.25, 0.3) is 0 Å². The summed E-state index contributed by atoms with van der Waals surface area (Å²) in [6.07, 6.45) is 0.954. The molecular formula is C14H19NO2. The average molecular weight is 233 g/mol. The van der Waals surface area contributed by atoms with Gasteiger partial charge in [-0.3, -0.25) is 4.79 Å². The second-order valence-corrected chi connectivity index (χ2v) is 5.06. The Labute approximate surface area is 102 Å². The Kier molecular flexibility index (Phi) is 2.86. The molecule has 0 radical (unpaired) electrons. The second-order valence-electron chi connectivity index (χ2n) is 5.06. The molecule has 0 bridgehead atoms. The maximum Gasteiger partial charge on any atom is 0.313 e. The normalized spacial score (nSPS) is 14.9. The van der Waals surface area contributed by atoms with Gasteiger partial charge in [0.25, 0.3) is 0 Å². The molecule has 1 aromatic carbocycles. The molecule has 0 fully saturated rings. The number of fused-ring (bicyclic) bond motifs is 1. The molecule has 1 aliphatic rings. The molecule has 1 aromatic rings. The van der Waals surface area contributed by atoms with Gasteiger partial charge in [0.15, 0.2) is 0 Å². The average Bonchev–Trinajstić information content (AvgIpc) is 2.71. The molecule has 2 rings (SSSR count). The van der Waals surface area contributed by atoms with Gasteiger partial charge >= 0.3 is 5.97 Å². The highest BCUT2D eigenvalue weighted by molar-refractivity contribution is 5.82. The first-order valence-corrected chi connectivity index (χ1v) is 6.09. The van der Waals surface area contributed by atoms with Crippen molar-refractivity contribution in [2.24, 2.45) is 0 Å². The van der Waals surface area contributed by atoms with E-state index in [1.165, 1.54) is 11.3 Å². The monoisotopic (exact) mass is 233 g/mol. The van der Waals surface area contributed by atoms with Crippen molar-refractivity contribution in [2.45, 2.75) is 32.6 Å². The number of carboxylic acid groups (broad SMARTS) is 1. The quantitative estimate of drug-likeness (QED) is 0.871. The van der Waals surface area contributed by atoms with E-state index in [1.54, 1.807) is 13.8 Å². The van der Waals surface area contributed by atoms with E-state index in [-0.39, 0.29) is 0 Å². The molecule has 0 unspecified atom stereocenters. The van der Waals surface area contributed by atoms with Gasteiger partial charge in [-0.1, -0.05) is 12.1 Å². The summed E-state index contributed by atoms with van der Waals surface area (Å²) in [7, 11) is 0. The van der Waals surface area contributed by atoms with Gasteiger partial charge in [-0.05, 0) is 44.4 Å². The van der Waals surface area contributed by atoms with Crippen LogP contribution in [0.4, 0.5) is 5.69 Å². The van der Waals surface area contributed by atoms with Crippen LogP contribution in [0.1, 0.15) is 31.9 Å². The Hall–Kier alpha value is -1.51. The minimum absolute atomic E-state index is 0.763. The smallest absolute Gasteiger partial charge is 0.313 e. The van der Waals surface area contributed by atoms with Crippen molar-refractivity contribution in [3.05, 3.63) is 29.3 Å². The topological polar surface area (TPSA) is 40.5 Å². The van der Waals surface area contributed by atoms with Gasteiger partial charge < -0.3 is 10.0 Å². The van der Waals surface area contributed by atoms with E-state index < -0.39 is 11.4 Å². The molecular weight excluding hydrogens is 214 g/mol. The number of benzene rings is 1. The summed E-state index contributed by atoms with van der Waals surface area (Å²) < 4.78 is 0. The second kappa shape index (κ2) is 4.06. The zero-order chi connectivity index (χ0) is 12.6. The fraction of sp³-hybridized carbons (Fsp3) is 0.500. The van der Waals surface area contributed by atoms with Crippen LogP contribution in [-0.4, -0.2) is 24.2 Å². The minimum Gasteiger partial charge on any atom is -0.481 e. The fourth-order valence-electron chi connectivity index (χ4n) is 2.53. The van der Waals surface area contributed by atoms with Gasteiger partial charge in [-0.15, -0.1) is 0 Å². The van der Waals surface area contributed by atoms with Crippen LogP contribution in [0.2, 0.25) is 0 Å². The third kappa shape index (κ3) is 1.79. The molecule has 0 spiro atoms. The van der Waals surface area contributed by atoms with Crippen LogP contribution in [0.15, 0.2) is 18.2 Å². The molecule has 92 valence electrons. The number of aliphatic carboxylic acids is 1. The number of rotatable bonds is 3. The lowest BCUT2D eigenvalue weighted by Crippen LogP contribution is -2.29. The molecule has 1 aliphatic heterocycles. The van der Waals surface area contributed by atoms with Crippen molar-refractivity contribution in [3.63, 3.8) is 0 Å². The highest BCUT2D eigenvalue weighted by Gasteiger charge is 2.34. The largest absolute Gasteiger partial charge is 0.481 e. The fourth-order valence-corrected chi connectivity index (χ4v) is 2.53. The van der Waals surface area contributed by atoms with Gasteiger partial charge in [0.05, 0.1) is 5.41 Å². The molecule has 0 amide bonds. The van der Waals surface area contributed by atoms with E-state index >= 15 is 0 Å². The van der Waals surface area contributed by atoms with Crippen LogP contribution in [0, 0.1) is 0 Å². The molecule has 1 N–H and O–H groups in total. The molecule has 3 nitrogen and oxygen atoms in total. The van der Waals surface area contributed by atoms with Crippen LogP contribution in [0.3, 0.4) is 0 Å². The number of carboxylic acids is 1. The summed E-state index contributed by atoms with van der Waals surface area (Å²) in [5, 5.41) is 9.34. The van der Waals surface area contributed by atoms with E-state index in [0.29, 0.717) is 0 Å². The first-order chi connectivity index (χ1) is 7.98. The summed E-state index contributed by atoms with van der Waals surface area (Å²) in [4.78, 5) is 13.7. The predicted molar refractivity (Wildman–Crippen MR) is 68.7 cm³/mol. The lowest BCUT2D eigenvalue weighted by Gasteiger charge is -2.24. The molecule has 3 heteroatoms. The van der Waals surface area contributed by atoms with Gasteiger partial charge in [0, 0.05) is 18.8 Å². The van der Waals surface area contributed by atoms with Crippen molar-refractivity contribution in [1.29, 1.82) is 0 Å². The summed E-state index contributed by atoms with van der Waals surface area (Å²) >= 11 is 0. The molecule has 0 saturated carbocycles.